The zero-order chi connectivity index (χ0) is 11.8. The number of carbonyl (C=O) groups is 1. The van der Waals surface area contributed by atoms with Crippen molar-refractivity contribution in [1.29, 1.82) is 0 Å². The van der Waals surface area contributed by atoms with Crippen molar-refractivity contribution in [2.24, 2.45) is 11.7 Å². The number of hydrogen-bond acceptors (Lipinski definition) is 3. The number of nitrogens with two attached hydrogens (primary N) is 1. The summed E-state index contributed by atoms with van der Waals surface area (Å²) in [5.41, 5.74) is 5.46. The SMILES string of the molecule is CCN(C)C(CCCCN)C(=O)C(C)C. The Morgan fingerprint density at radius 3 is 2.33 bits per heavy atom. The van der Waals surface area contributed by atoms with Gasteiger partial charge in [0, 0.05) is 5.92 Å². The van der Waals surface area contributed by atoms with Crippen LogP contribution in [0.2, 0.25) is 0 Å². The molecule has 0 aliphatic heterocycles. The van der Waals surface area contributed by atoms with Crippen LogP contribution in [0.15, 0.2) is 0 Å². The van der Waals surface area contributed by atoms with Gasteiger partial charge in [0.25, 0.3) is 0 Å². The zero-order valence-corrected chi connectivity index (χ0v) is 10.6. The van der Waals surface area contributed by atoms with E-state index in [1.54, 1.807) is 0 Å². The molecule has 0 aromatic rings. The van der Waals surface area contributed by atoms with E-state index in [0.29, 0.717) is 5.78 Å². The number of nitrogens with zero attached hydrogens (tertiary/aromatic N) is 1. The third-order valence-corrected chi connectivity index (χ3v) is 2.86. The lowest BCUT2D eigenvalue weighted by Gasteiger charge is -2.27. The van der Waals surface area contributed by atoms with E-state index < -0.39 is 0 Å². The highest BCUT2D eigenvalue weighted by molar-refractivity contribution is 5.85. The molecule has 0 saturated carbocycles. The minimum Gasteiger partial charge on any atom is -0.330 e. The van der Waals surface area contributed by atoms with Crippen molar-refractivity contribution < 1.29 is 4.79 Å². The number of ketones is 1. The van der Waals surface area contributed by atoms with Gasteiger partial charge in [0.1, 0.15) is 0 Å². The van der Waals surface area contributed by atoms with E-state index in [9.17, 15) is 4.79 Å². The van der Waals surface area contributed by atoms with E-state index in [4.69, 9.17) is 5.73 Å². The molecule has 0 aliphatic rings. The molecule has 0 saturated heterocycles. The molecule has 0 amide bonds. The molecule has 1 unspecified atom stereocenters. The van der Waals surface area contributed by atoms with E-state index in [2.05, 4.69) is 11.8 Å². The topological polar surface area (TPSA) is 46.3 Å². The number of unbranched alkanes of at least 4 members (excludes halogenated alkanes) is 1. The van der Waals surface area contributed by atoms with Crippen LogP contribution in [0.25, 0.3) is 0 Å². The van der Waals surface area contributed by atoms with Crippen LogP contribution in [0.1, 0.15) is 40.0 Å². The highest BCUT2D eigenvalue weighted by Gasteiger charge is 2.23. The molecule has 0 heterocycles. The Morgan fingerprint density at radius 2 is 1.93 bits per heavy atom. The van der Waals surface area contributed by atoms with Crippen LogP contribution in [0.5, 0.6) is 0 Å². The van der Waals surface area contributed by atoms with Gasteiger partial charge in [-0.2, -0.15) is 0 Å². The summed E-state index contributed by atoms with van der Waals surface area (Å²) in [6.45, 7) is 7.68. The molecule has 0 spiro atoms. The second kappa shape index (κ2) is 7.83. The van der Waals surface area contributed by atoms with Gasteiger partial charge in [-0.3, -0.25) is 9.69 Å². The average molecular weight is 214 g/mol. The number of Topliss-reactive ketones (excluding diaryl/α,β-unsaturated/α-hetero) is 1. The first-order valence-electron chi connectivity index (χ1n) is 5.98. The molecule has 90 valence electrons. The molecular formula is C12H26N2O. The Balaban J connectivity index is 4.24. The van der Waals surface area contributed by atoms with Gasteiger partial charge in [-0.25, -0.2) is 0 Å². The lowest BCUT2D eigenvalue weighted by molar-refractivity contribution is -0.127. The van der Waals surface area contributed by atoms with Crippen LogP contribution < -0.4 is 5.73 Å². The van der Waals surface area contributed by atoms with E-state index in [1.165, 1.54) is 0 Å². The summed E-state index contributed by atoms with van der Waals surface area (Å²) in [6.07, 6.45) is 3.00. The largest absolute Gasteiger partial charge is 0.330 e. The first kappa shape index (κ1) is 14.6. The molecule has 15 heavy (non-hydrogen) atoms. The lowest BCUT2D eigenvalue weighted by atomic mass is 9.96. The summed E-state index contributed by atoms with van der Waals surface area (Å²) in [5.74, 6) is 0.484. The Morgan fingerprint density at radius 1 is 1.33 bits per heavy atom. The maximum Gasteiger partial charge on any atom is 0.152 e. The van der Waals surface area contributed by atoms with Gasteiger partial charge in [0.05, 0.1) is 6.04 Å². The Labute approximate surface area is 94.0 Å². The fraction of sp³-hybridized carbons (Fsp3) is 0.917. The van der Waals surface area contributed by atoms with E-state index in [-0.39, 0.29) is 12.0 Å². The van der Waals surface area contributed by atoms with Gasteiger partial charge in [0.2, 0.25) is 0 Å². The predicted octanol–water partition coefficient (Wildman–Crippen LogP) is 1.66. The van der Waals surface area contributed by atoms with Crippen LogP contribution >= 0.6 is 0 Å². The average Bonchev–Trinajstić information content (AvgIpc) is 2.22. The van der Waals surface area contributed by atoms with Crippen LogP contribution in [0.3, 0.4) is 0 Å². The molecule has 3 heteroatoms. The molecular weight excluding hydrogens is 188 g/mol. The van der Waals surface area contributed by atoms with Crippen molar-refractivity contribution >= 4 is 5.78 Å². The Kier molecular flexibility index (Phi) is 7.61. The summed E-state index contributed by atoms with van der Waals surface area (Å²) >= 11 is 0. The summed E-state index contributed by atoms with van der Waals surface area (Å²) in [6, 6.07) is 0.0848. The second-order valence-electron chi connectivity index (χ2n) is 4.43. The third-order valence-electron chi connectivity index (χ3n) is 2.86. The van der Waals surface area contributed by atoms with Gasteiger partial charge in [-0.15, -0.1) is 0 Å². The quantitative estimate of drug-likeness (QED) is 0.625. The van der Waals surface area contributed by atoms with Crippen molar-refractivity contribution in [3.05, 3.63) is 0 Å². The van der Waals surface area contributed by atoms with Gasteiger partial charge in [-0.05, 0) is 33.0 Å². The maximum atomic E-state index is 12.0. The van der Waals surface area contributed by atoms with Crippen LogP contribution in [0.4, 0.5) is 0 Å². The zero-order valence-electron chi connectivity index (χ0n) is 10.6. The summed E-state index contributed by atoms with van der Waals surface area (Å²) in [4.78, 5) is 14.1. The first-order chi connectivity index (χ1) is 7.04. The highest BCUT2D eigenvalue weighted by Crippen LogP contribution is 2.12. The minimum atomic E-state index is 0.0848. The molecule has 0 fully saturated rings. The van der Waals surface area contributed by atoms with Crippen molar-refractivity contribution in [3.63, 3.8) is 0 Å². The molecule has 0 aliphatic carbocycles. The first-order valence-corrected chi connectivity index (χ1v) is 5.98. The van der Waals surface area contributed by atoms with Gasteiger partial charge < -0.3 is 5.73 Å². The minimum absolute atomic E-state index is 0.0848. The smallest absolute Gasteiger partial charge is 0.152 e. The van der Waals surface area contributed by atoms with Crippen LogP contribution in [-0.2, 0) is 4.79 Å². The number of rotatable bonds is 8. The summed E-state index contributed by atoms with van der Waals surface area (Å²) < 4.78 is 0. The van der Waals surface area contributed by atoms with Gasteiger partial charge >= 0.3 is 0 Å². The van der Waals surface area contributed by atoms with Crippen molar-refractivity contribution in [3.8, 4) is 0 Å². The molecule has 2 N–H and O–H groups in total. The number of carbonyl (C=O) groups excluding carboxylic acids is 1. The molecule has 0 aromatic carbocycles. The molecule has 3 nitrogen and oxygen atoms in total. The molecule has 0 aromatic heterocycles. The number of hydrogen-bond donors (Lipinski definition) is 1. The number of likely N-dealkylation sites (N-methyl/N-ethyl adjacent to an activating group) is 1. The standard InChI is InChI=1S/C12H26N2O/c1-5-14(4)11(8-6-7-9-13)12(15)10(2)3/h10-11H,5-9,13H2,1-4H3. The van der Waals surface area contributed by atoms with E-state index >= 15 is 0 Å². The normalized spacial score (nSPS) is 13.5. The third kappa shape index (κ3) is 5.28. The fourth-order valence-electron chi connectivity index (χ4n) is 1.67. The predicted molar refractivity (Wildman–Crippen MR) is 64.8 cm³/mol. The molecule has 0 rings (SSSR count). The highest BCUT2D eigenvalue weighted by atomic mass is 16.1. The van der Waals surface area contributed by atoms with E-state index in [1.807, 2.05) is 20.9 Å². The van der Waals surface area contributed by atoms with Gasteiger partial charge in [-0.1, -0.05) is 27.2 Å². The fourth-order valence-corrected chi connectivity index (χ4v) is 1.67. The monoisotopic (exact) mass is 214 g/mol. The molecule has 1 atom stereocenters. The van der Waals surface area contributed by atoms with Crippen molar-refractivity contribution in [2.45, 2.75) is 46.1 Å². The van der Waals surface area contributed by atoms with Crippen molar-refractivity contribution in [1.82, 2.24) is 4.90 Å². The van der Waals surface area contributed by atoms with Crippen LogP contribution in [0, 0.1) is 5.92 Å². The Bertz CT molecular complexity index is 180. The van der Waals surface area contributed by atoms with Crippen molar-refractivity contribution in [2.75, 3.05) is 20.1 Å². The molecule has 0 bridgehead atoms. The maximum absolute atomic E-state index is 12.0. The van der Waals surface area contributed by atoms with E-state index in [0.717, 1.165) is 32.4 Å². The summed E-state index contributed by atoms with van der Waals surface area (Å²) in [5, 5.41) is 0. The van der Waals surface area contributed by atoms with Gasteiger partial charge in [0.15, 0.2) is 5.78 Å². The van der Waals surface area contributed by atoms with Crippen LogP contribution in [-0.4, -0.2) is 36.9 Å². The molecule has 0 radical (unpaired) electrons. The second-order valence-corrected chi connectivity index (χ2v) is 4.43. The lowest BCUT2D eigenvalue weighted by Crippen LogP contribution is -2.40. The Hall–Kier alpha value is -0.410. The summed E-state index contributed by atoms with van der Waals surface area (Å²) in [7, 11) is 2.02.